The van der Waals surface area contributed by atoms with E-state index >= 15 is 0 Å². The third-order valence-electron chi connectivity index (χ3n) is 6.95. The maximum Gasteiger partial charge on any atom is 0.410 e. The van der Waals surface area contributed by atoms with Crippen LogP contribution in [0, 0.1) is 0 Å². The van der Waals surface area contributed by atoms with Gasteiger partial charge in [0, 0.05) is 25.1 Å². The quantitative estimate of drug-likeness (QED) is 0.601. The molecule has 2 N–H and O–H groups in total. The van der Waals surface area contributed by atoms with Crippen LogP contribution in [0.15, 0.2) is 6.33 Å². The first kappa shape index (κ1) is 25.6. The summed E-state index contributed by atoms with van der Waals surface area (Å²) in [5.74, 6) is 0.320. The van der Waals surface area contributed by atoms with Gasteiger partial charge in [0.25, 0.3) is 0 Å². The minimum Gasteiger partial charge on any atom is -0.474 e. The van der Waals surface area contributed by atoms with E-state index in [1.807, 2.05) is 27.8 Å². The highest BCUT2D eigenvalue weighted by Crippen LogP contribution is 2.48. The average Bonchev–Trinajstić information content (AvgIpc) is 3.35. The number of nitrogens with two attached hydrogens (primary N) is 1. The molecule has 0 aliphatic heterocycles. The minimum absolute atomic E-state index is 0.0177. The van der Waals surface area contributed by atoms with Gasteiger partial charge < -0.3 is 24.8 Å². The zero-order chi connectivity index (χ0) is 25.3. The van der Waals surface area contributed by atoms with E-state index in [2.05, 4.69) is 9.97 Å². The smallest absolute Gasteiger partial charge is 0.410 e. The normalized spacial score (nSPS) is 23.1. The molecule has 0 bridgehead atoms. The van der Waals surface area contributed by atoms with E-state index in [0.29, 0.717) is 12.3 Å². The van der Waals surface area contributed by atoms with Crippen LogP contribution in [-0.4, -0.2) is 64.9 Å². The summed E-state index contributed by atoms with van der Waals surface area (Å²) < 4.78 is 17.3. The van der Waals surface area contributed by atoms with Gasteiger partial charge in [0.05, 0.1) is 5.39 Å². The minimum atomic E-state index is -0.618. The number of thiophene rings is 1. The van der Waals surface area contributed by atoms with Crippen LogP contribution < -0.4 is 10.5 Å². The lowest BCUT2D eigenvalue weighted by Gasteiger charge is -2.35. The van der Waals surface area contributed by atoms with E-state index in [9.17, 15) is 9.59 Å². The number of aryl methyl sites for hydroxylation is 1. The number of carbonyl (C=O) groups excluding carboxylic acids is 2. The van der Waals surface area contributed by atoms with E-state index in [-0.39, 0.29) is 24.2 Å². The second kappa shape index (κ2) is 10.3. The highest BCUT2D eigenvalue weighted by molar-refractivity contribution is 7.19. The van der Waals surface area contributed by atoms with Gasteiger partial charge in [0.1, 0.15) is 29.0 Å². The third-order valence-corrected chi connectivity index (χ3v) is 8.12. The van der Waals surface area contributed by atoms with Crippen LogP contribution in [0.5, 0.6) is 5.88 Å². The van der Waals surface area contributed by atoms with Crippen molar-refractivity contribution in [2.75, 3.05) is 14.2 Å². The maximum atomic E-state index is 12.4. The molecule has 2 atom stereocenters. The van der Waals surface area contributed by atoms with Gasteiger partial charge in [-0.15, -0.1) is 11.3 Å². The molecule has 0 radical (unpaired) electrons. The summed E-state index contributed by atoms with van der Waals surface area (Å²) in [5, 5.41) is 0.960. The van der Waals surface area contributed by atoms with Crippen LogP contribution in [0.4, 0.5) is 4.79 Å². The SMILES string of the molecule is COC(CC1CCc2sc3ncnc(OC4CCC(N(C)C(=O)OC(C)(C)C)CC4)c3c21)C(N)=O. The Hall–Kier alpha value is -2.46. The Bertz CT molecular complexity index is 1070. The molecule has 1 saturated carbocycles. The topological polar surface area (TPSA) is 117 Å². The first-order chi connectivity index (χ1) is 16.6. The maximum absolute atomic E-state index is 12.4. The first-order valence-electron chi connectivity index (χ1n) is 12.3. The second-order valence-electron chi connectivity index (χ2n) is 10.5. The molecule has 0 saturated heterocycles. The summed E-state index contributed by atoms with van der Waals surface area (Å²) >= 11 is 1.68. The third kappa shape index (κ3) is 5.69. The van der Waals surface area contributed by atoms with Crippen molar-refractivity contribution in [3.05, 3.63) is 16.8 Å². The molecule has 2 aromatic heterocycles. The Balaban J connectivity index is 1.46. The molecule has 2 aliphatic carbocycles. The standard InChI is InChI=1S/C25H36N4O5S/c1-25(2,3)34-24(31)29(4)15-7-9-16(10-8-15)33-22-20-19-14(12-17(32-5)21(26)30)6-11-18(19)35-23(20)28-13-27-22/h13-17H,6-12H2,1-5H3,(H2,26,30). The number of primary amides is 1. The first-order valence-corrected chi connectivity index (χ1v) is 13.1. The summed E-state index contributed by atoms with van der Waals surface area (Å²) in [4.78, 5) is 37.1. The molecule has 2 aromatic rings. The molecule has 1 fully saturated rings. The summed E-state index contributed by atoms with van der Waals surface area (Å²) in [6.07, 6.45) is 6.43. The molecular formula is C25H36N4O5S. The zero-order valence-electron chi connectivity index (χ0n) is 21.2. The average molecular weight is 505 g/mol. The highest BCUT2D eigenvalue weighted by Gasteiger charge is 2.34. The number of aromatic nitrogens is 2. The number of hydrogen-bond donors (Lipinski definition) is 1. The van der Waals surface area contributed by atoms with Crippen LogP contribution in [0.3, 0.4) is 0 Å². The number of fused-ring (bicyclic) bond motifs is 3. The van der Waals surface area contributed by atoms with Crippen molar-refractivity contribution in [1.82, 2.24) is 14.9 Å². The van der Waals surface area contributed by atoms with Gasteiger partial charge in [-0.05, 0) is 77.2 Å². The Morgan fingerprint density at radius 2 is 1.91 bits per heavy atom. The predicted octanol–water partition coefficient (Wildman–Crippen LogP) is 4.17. The van der Waals surface area contributed by atoms with Crippen LogP contribution in [-0.2, 0) is 20.7 Å². The molecule has 9 nitrogen and oxygen atoms in total. The predicted molar refractivity (Wildman–Crippen MR) is 134 cm³/mol. The summed E-state index contributed by atoms with van der Waals surface area (Å²) in [6.45, 7) is 5.63. The number of hydrogen-bond acceptors (Lipinski definition) is 8. The fraction of sp³-hybridized carbons (Fsp3) is 0.680. The molecule has 4 rings (SSSR count). The van der Waals surface area contributed by atoms with Crippen molar-refractivity contribution in [2.45, 2.75) is 95.5 Å². The fourth-order valence-electron chi connectivity index (χ4n) is 5.14. The molecule has 2 unspecified atom stereocenters. The van der Waals surface area contributed by atoms with Gasteiger partial charge in [-0.2, -0.15) is 0 Å². The molecule has 0 aromatic carbocycles. The molecule has 2 heterocycles. The molecule has 35 heavy (non-hydrogen) atoms. The van der Waals surface area contributed by atoms with Gasteiger partial charge in [0.2, 0.25) is 11.8 Å². The number of carbonyl (C=O) groups is 2. The van der Waals surface area contributed by atoms with Gasteiger partial charge >= 0.3 is 6.09 Å². The van der Waals surface area contributed by atoms with Crippen molar-refractivity contribution < 1.29 is 23.8 Å². The van der Waals surface area contributed by atoms with E-state index < -0.39 is 17.6 Å². The highest BCUT2D eigenvalue weighted by atomic mass is 32.1. The molecular weight excluding hydrogens is 468 g/mol. The van der Waals surface area contributed by atoms with Gasteiger partial charge in [-0.1, -0.05) is 0 Å². The lowest BCUT2D eigenvalue weighted by molar-refractivity contribution is -0.128. The van der Waals surface area contributed by atoms with Gasteiger partial charge in [-0.3, -0.25) is 4.79 Å². The Morgan fingerprint density at radius 3 is 2.54 bits per heavy atom. The van der Waals surface area contributed by atoms with Crippen LogP contribution in [0.2, 0.25) is 0 Å². The number of nitrogens with zero attached hydrogens (tertiary/aromatic N) is 3. The molecule has 192 valence electrons. The van der Waals surface area contributed by atoms with E-state index in [0.717, 1.165) is 48.7 Å². The monoisotopic (exact) mass is 504 g/mol. The fourth-order valence-corrected chi connectivity index (χ4v) is 6.37. The Labute approximate surface area is 210 Å². The van der Waals surface area contributed by atoms with Crippen LogP contribution >= 0.6 is 11.3 Å². The summed E-state index contributed by atoms with van der Waals surface area (Å²) in [7, 11) is 3.33. The number of amides is 2. The zero-order valence-corrected chi connectivity index (χ0v) is 22.0. The van der Waals surface area contributed by atoms with Crippen LogP contribution in [0.1, 0.15) is 75.7 Å². The lowest BCUT2D eigenvalue weighted by atomic mass is 9.92. The van der Waals surface area contributed by atoms with Crippen molar-refractivity contribution in [3.63, 3.8) is 0 Å². The van der Waals surface area contributed by atoms with E-state index in [1.54, 1.807) is 22.6 Å². The van der Waals surface area contributed by atoms with Crippen molar-refractivity contribution in [1.29, 1.82) is 0 Å². The molecule has 10 heteroatoms. The van der Waals surface area contributed by atoms with Crippen LogP contribution in [0.25, 0.3) is 10.2 Å². The van der Waals surface area contributed by atoms with E-state index in [4.69, 9.17) is 19.9 Å². The largest absolute Gasteiger partial charge is 0.474 e. The number of ether oxygens (including phenoxy) is 3. The number of rotatable bonds is 7. The summed E-state index contributed by atoms with van der Waals surface area (Å²) in [6, 6.07) is 0.129. The van der Waals surface area contributed by atoms with Crippen molar-refractivity contribution >= 4 is 33.6 Å². The lowest BCUT2D eigenvalue weighted by Crippen LogP contribution is -2.43. The van der Waals surface area contributed by atoms with E-state index in [1.165, 1.54) is 17.6 Å². The Kier molecular flexibility index (Phi) is 7.51. The summed E-state index contributed by atoms with van der Waals surface area (Å²) in [5.41, 5.74) is 6.20. The van der Waals surface area contributed by atoms with Crippen molar-refractivity contribution in [3.8, 4) is 5.88 Å². The molecule has 2 aliphatic rings. The molecule has 0 spiro atoms. The van der Waals surface area contributed by atoms with Gasteiger partial charge in [0.15, 0.2) is 0 Å². The Morgan fingerprint density at radius 1 is 1.20 bits per heavy atom. The number of methoxy groups -OCH3 is 1. The second-order valence-corrected chi connectivity index (χ2v) is 11.6. The van der Waals surface area contributed by atoms with Crippen molar-refractivity contribution in [2.24, 2.45) is 5.73 Å². The molecule has 2 amide bonds. The van der Waals surface area contributed by atoms with Gasteiger partial charge in [-0.25, -0.2) is 14.8 Å².